The maximum absolute atomic E-state index is 12.3. The van der Waals surface area contributed by atoms with Crippen molar-refractivity contribution in [3.05, 3.63) is 59.2 Å². The second-order valence-electron chi connectivity index (χ2n) is 7.95. The molecular weight excluding hydrogens is 354 g/mol. The standard InChI is InChI=1S/C23H29NO4/c1-15-8-7-9-16(2)21(15)24-22(26)17(3)28-20(25)14-27-19-12-10-18(11-13-19)23(4,5)6/h7-13,17H,14H2,1-6H3,(H,24,26). The second kappa shape index (κ2) is 8.91. The molecule has 0 spiro atoms. The number of ether oxygens (including phenoxy) is 2. The number of carbonyl (C=O) groups excluding carboxylic acids is 2. The number of benzene rings is 2. The van der Waals surface area contributed by atoms with Crippen molar-refractivity contribution in [2.45, 2.75) is 53.1 Å². The van der Waals surface area contributed by atoms with Crippen LogP contribution in [-0.2, 0) is 19.7 Å². The predicted octanol–water partition coefficient (Wildman–Crippen LogP) is 4.55. The van der Waals surface area contributed by atoms with Crippen LogP contribution in [0.5, 0.6) is 5.75 Å². The molecule has 1 N–H and O–H groups in total. The fraction of sp³-hybridized carbons (Fsp3) is 0.391. The van der Waals surface area contributed by atoms with E-state index in [9.17, 15) is 9.59 Å². The fourth-order valence-electron chi connectivity index (χ4n) is 2.71. The fourth-order valence-corrected chi connectivity index (χ4v) is 2.71. The first-order chi connectivity index (χ1) is 13.1. The Bertz CT molecular complexity index is 814. The van der Waals surface area contributed by atoms with Gasteiger partial charge in [0.25, 0.3) is 5.91 Å². The first-order valence-corrected chi connectivity index (χ1v) is 9.38. The molecule has 5 heteroatoms. The molecular formula is C23H29NO4. The van der Waals surface area contributed by atoms with Crippen LogP contribution < -0.4 is 10.1 Å². The summed E-state index contributed by atoms with van der Waals surface area (Å²) in [6, 6.07) is 13.4. The van der Waals surface area contributed by atoms with Gasteiger partial charge in [-0.25, -0.2) is 4.79 Å². The molecule has 0 bridgehead atoms. The van der Waals surface area contributed by atoms with Crippen molar-refractivity contribution >= 4 is 17.6 Å². The topological polar surface area (TPSA) is 64.6 Å². The Morgan fingerprint density at radius 3 is 2.11 bits per heavy atom. The van der Waals surface area contributed by atoms with Crippen LogP contribution in [0.1, 0.15) is 44.4 Å². The summed E-state index contributed by atoms with van der Waals surface area (Å²) in [5.74, 6) is -0.387. The summed E-state index contributed by atoms with van der Waals surface area (Å²) in [4.78, 5) is 24.3. The molecule has 0 aliphatic rings. The Kier molecular flexibility index (Phi) is 6.84. The van der Waals surface area contributed by atoms with Crippen LogP contribution in [0.25, 0.3) is 0 Å². The van der Waals surface area contributed by atoms with Gasteiger partial charge in [0.2, 0.25) is 0 Å². The van der Waals surface area contributed by atoms with Gasteiger partial charge in [0.15, 0.2) is 12.7 Å². The average Bonchev–Trinajstić information content (AvgIpc) is 2.62. The number of aryl methyl sites for hydroxylation is 2. The number of anilines is 1. The maximum Gasteiger partial charge on any atom is 0.344 e. The van der Waals surface area contributed by atoms with Gasteiger partial charge in [0.05, 0.1) is 0 Å². The highest BCUT2D eigenvalue weighted by Crippen LogP contribution is 2.24. The average molecular weight is 383 g/mol. The lowest BCUT2D eigenvalue weighted by atomic mass is 9.87. The third-order valence-electron chi connectivity index (χ3n) is 4.48. The van der Waals surface area contributed by atoms with Crippen LogP contribution in [0, 0.1) is 13.8 Å². The Hall–Kier alpha value is -2.82. The van der Waals surface area contributed by atoms with Gasteiger partial charge < -0.3 is 14.8 Å². The zero-order valence-electron chi connectivity index (χ0n) is 17.5. The van der Waals surface area contributed by atoms with E-state index in [4.69, 9.17) is 9.47 Å². The van der Waals surface area contributed by atoms with Gasteiger partial charge >= 0.3 is 5.97 Å². The molecule has 0 fully saturated rings. The minimum atomic E-state index is -0.918. The highest BCUT2D eigenvalue weighted by Gasteiger charge is 2.20. The number of para-hydroxylation sites is 1. The van der Waals surface area contributed by atoms with Gasteiger partial charge in [0, 0.05) is 5.69 Å². The van der Waals surface area contributed by atoms with Gasteiger partial charge in [-0.05, 0) is 55.0 Å². The van der Waals surface area contributed by atoms with Crippen LogP contribution in [0.2, 0.25) is 0 Å². The van der Waals surface area contributed by atoms with Gasteiger partial charge in [0.1, 0.15) is 5.75 Å². The van der Waals surface area contributed by atoms with Crippen molar-refractivity contribution < 1.29 is 19.1 Å². The molecule has 0 aliphatic carbocycles. The van der Waals surface area contributed by atoms with Crippen molar-refractivity contribution in [1.82, 2.24) is 0 Å². The first kappa shape index (κ1) is 21.5. The molecule has 0 radical (unpaired) electrons. The molecule has 5 nitrogen and oxygen atoms in total. The summed E-state index contributed by atoms with van der Waals surface area (Å²) in [5.41, 5.74) is 3.88. The Labute approximate surface area is 167 Å². The summed E-state index contributed by atoms with van der Waals surface area (Å²) >= 11 is 0. The summed E-state index contributed by atoms with van der Waals surface area (Å²) in [6.45, 7) is 11.5. The zero-order chi connectivity index (χ0) is 20.9. The van der Waals surface area contributed by atoms with E-state index in [0.717, 1.165) is 16.8 Å². The van der Waals surface area contributed by atoms with Crippen LogP contribution in [0.3, 0.4) is 0 Å². The zero-order valence-corrected chi connectivity index (χ0v) is 17.5. The van der Waals surface area contributed by atoms with E-state index in [-0.39, 0.29) is 17.9 Å². The third kappa shape index (κ3) is 5.84. The van der Waals surface area contributed by atoms with Gasteiger partial charge in [-0.15, -0.1) is 0 Å². The lowest BCUT2D eigenvalue weighted by molar-refractivity contribution is -0.155. The number of rotatable bonds is 6. The predicted molar refractivity (Wildman–Crippen MR) is 111 cm³/mol. The van der Waals surface area contributed by atoms with Crippen molar-refractivity contribution in [2.24, 2.45) is 0 Å². The van der Waals surface area contributed by atoms with E-state index >= 15 is 0 Å². The molecule has 1 amide bonds. The number of esters is 1. The van der Waals surface area contributed by atoms with Crippen molar-refractivity contribution in [2.75, 3.05) is 11.9 Å². The number of amides is 1. The molecule has 2 rings (SSSR count). The van der Waals surface area contributed by atoms with E-state index in [0.29, 0.717) is 5.75 Å². The van der Waals surface area contributed by atoms with Gasteiger partial charge in [-0.2, -0.15) is 0 Å². The van der Waals surface area contributed by atoms with E-state index in [1.54, 1.807) is 6.92 Å². The van der Waals surface area contributed by atoms with E-state index in [1.807, 2.05) is 56.3 Å². The monoisotopic (exact) mass is 383 g/mol. The Morgan fingerprint density at radius 1 is 1.00 bits per heavy atom. The summed E-state index contributed by atoms with van der Waals surface area (Å²) in [5, 5.41) is 2.82. The quantitative estimate of drug-likeness (QED) is 0.743. The molecule has 0 saturated carbocycles. The van der Waals surface area contributed by atoms with Gasteiger partial charge in [-0.1, -0.05) is 51.1 Å². The molecule has 1 atom stereocenters. The normalized spacial score (nSPS) is 12.2. The Balaban J connectivity index is 1.86. The lowest BCUT2D eigenvalue weighted by Gasteiger charge is -2.19. The molecule has 0 heterocycles. The molecule has 0 aromatic heterocycles. The van der Waals surface area contributed by atoms with Crippen molar-refractivity contribution in [1.29, 1.82) is 0 Å². The minimum absolute atomic E-state index is 0.0513. The largest absolute Gasteiger partial charge is 0.482 e. The number of carbonyl (C=O) groups is 2. The summed E-state index contributed by atoms with van der Waals surface area (Å²) in [6.07, 6.45) is -0.918. The first-order valence-electron chi connectivity index (χ1n) is 9.38. The molecule has 1 unspecified atom stereocenters. The summed E-state index contributed by atoms with van der Waals surface area (Å²) < 4.78 is 10.7. The number of hydrogen-bond donors (Lipinski definition) is 1. The molecule has 28 heavy (non-hydrogen) atoms. The van der Waals surface area contributed by atoms with Crippen LogP contribution >= 0.6 is 0 Å². The van der Waals surface area contributed by atoms with E-state index in [2.05, 4.69) is 26.1 Å². The molecule has 2 aromatic carbocycles. The number of hydrogen-bond acceptors (Lipinski definition) is 4. The number of nitrogens with one attached hydrogen (secondary N) is 1. The molecule has 150 valence electrons. The summed E-state index contributed by atoms with van der Waals surface area (Å²) in [7, 11) is 0. The van der Waals surface area contributed by atoms with Crippen LogP contribution in [0.15, 0.2) is 42.5 Å². The SMILES string of the molecule is Cc1cccc(C)c1NC(=O)C(C)OC(=O)COc1ccc(C(C)(C)C)cc1. The van der Waals surface area contributed by atoms with E-state index < -0.39 is 12.1 Å². The van der Waals surface area contributed by atoms with Crippen LogP contribution in [-0.4, -0.2) is 24.6 Å². The van der Waals surface area contributed by atoms with Gasteiger partial charge in [-0.3, -0.25) is 4.79 Å². The highest BCUT2D eigenvalue weighted by atomic mass is 16.6. The van der Waals surface area contributed by atoms with Crippen molar-refractivity contribution in [3.8, 4) is 5.75 Å². The van der Waals surface area contributed by atoms with Crippen LogP contribution in [0.4, 0.5) is 5.69 Å². The van der Waals surface area contributed by atoms with E-state index in [1.165, 1.54) is 5.56 Å². The third-order valence-corrected chi connectivity index (χ3v) is 4.48. The maximum atomic E-state index is 12.3. The molecule has 2 aromatic rings. The molecule has 0 saturated heterocycles. The lowest BCUT2D eigenvalue weighted by Crippen LogP contribution is -2.32. The Morgan fingerprint density at radius 2 is 1.57 bits per heavy atom. The molecule has 0 aliphatic heterocycles. The van der Waals surface area contributed by atoms with Crippen molar-refractivity contribution in [3.63, 3.8) is 0 Å². The second-order valence-corrected chi connectivity index (χ2v) is 7.95. The highest BCUT2D eigenvalue weighted by molar-refractivity contribution is 5.96. The smallest absolute Gasteiger partial charge is 0.344 e. The minimum Gasteiger partial charge on any atom is -0.482 e.